The first kappa shape index (κ1) is 12.5. The van der Waals surface area contributed by atoms with E-state index >= 15 is 0 Å². The first-order valence-electron chi connectivity index (χ1n) is 6.40. The van der Waals surface area contributed by atoms with E-state index in [1.54, 1.807) is 0 Å². The highest BCUT2D eigenvalue weighted by molar-refractivity contribution is 6.65. The number of hydrogen-bond acceptors (Lipinski definition) is 4. The number of nitrogens with two attached hydrogens (primary N) is 1. The number of anilines is 1. The second kappa shape index (κ2) is 3.74. The molecule has 1 aromatic carbocycles. The van der Waals surface area contributed by atoms with Crippen molar-refractivity contribution in [3.63, 3.8) is 0 Å². The highest BCUT2D eigenvalue weighted by Crippen LogP contribution is 2.37. The minimum Gasteiger partial charge on any atom is -0.399 e. The number of aromatic nitrogens is 2. The maximum absolute atomic E-state index is 6.06. The average molecular weight is 259 g/mol. The molecule has 0 atom stereocenters. The lowest BCUT2D eigenvalue weighted by molar-refractivity contribution is 0.00578. The molecule has 1 saturated heterocycles. The number of fused-ring (bicyclic) bond motifs is 1. The summed E-state index contributed by atoms with van der Waals surface area (Å²) in [6, 6.07) is 5.85. The number of aromatic amines is 1. The Hall–Kier alpha value is -1.53. The van der Waals surface area contributed by atoms with E-state index in [4.69, 9.17) is 15.0 Å². The van der Waals surface area contributed by atoms with Crippen LogP contribution in [0.5, 0.6) is 0 Å². The van der Waals surface area contributed by atoms with E-state index in [0.29, 0.717) is 5.82 Å². The van der Waals surface area contributed by atoms with Crippen LogP contribution in [0.25, 0.3) is 10.9 Å². The number of H-pyrrole nitrogens is 1. The Labute approximate surface area is 112 Å². The molecule has 2 heterocycles. The van der Waals surface area contributed by atoms with Gasteiger partial charge in [-0.25, -0.2) is 0 Å². The zero-order valence-electron chi connectivity index (χ0n) is 11.7. The van der Waals surface area contributed by atoms with Crippen LogP contribution in [0, 0.1) is 0 Å². The van der Waals surface area contributed by atoms with Crippen molar-refractivity contribution < 1.29 is 9.31 Å². The Bertz CT molecular complexity index is 620. The van der Waals surface area contributed by atoms with Crippen molar-refractivity contribution in [2.45, 2.75) is 38.9 Å². The summed E-state index contributed by atoms with van der Waals surface area (Å²) in [4.78, 5) is 0. The SMILES string of the molecule is CC1(C)OB(c2cccc3[nH]nc(N)c23)OC1(C)C. The maximum atomic E-state index is 6.06. The molecule has 1 fully saturated rings. The van der Waals surface area contributed by atoms with E-state index in [1.807, 2.05) is 45.9 Å². The van der Waals surface area contributed by atoms with Crippen molar-refractivity contribution in [1.82, 2.24) is 10.2 Å². The van der Waals surface area contributed by atoms with Gasteiger partial charge in [0.15, 0.2) is 5.82 Å². The first-order chi connectivity index (χ1) is 8.82. The first-order valence-corrected chi connectivity index (χ1v) is 6.40. The molecular weight excluding hydrogens is 241 g/mol. The smallest absolute Gasteiger partial charge is 0.399 e. The van der Waals surface area contributed by atoms with Gasteiger partial charge in [-0.05, 0) is 39.2 Å². The van der Waals surface area contributed by atoms with Crippen molar-refractivity contribution in [3.05, 3.63) is 18.2 Å². The molecular formula is C13H18BN3O2. The summed E-state index contributed by atoms with van der Waals surface area (Å²) in [6.45, 7) is 8.13. The topological polar surface area (TPSA) is 73.2 Å². The Kier molecular flexibility index (Phi) is 2.46. The van der Waals surface area contributed by atoms with Crippen LogP contribution < -0.4 is 11.2 Å². The lowest BCUT2D eigenvalue weighted by Gasteiger charge is -2.32. The summed E-state index contributed by atoms with van der Waals surface area (Å²) in [5.74, 6) is 0.473. The summed E-state index contributed by atoms with van der Waals surface area (Å²) in [7, 11) is -0.423. The zero-order chi connectivity index (χ0) is 13.8. The van der Waals surface area contributed by atoms with Gasteiger partial charge in [0.1, 0.15) is 0 Å². The summed E-state index contributed by atoms with van der Waals surface area (Å²) < 4.78 is 12.1. The Morgan fingerprint density at radius 1 is 1.16 bits per heavy atom. The van der Waals surface area contributed by atoms with Crippen molar-refractivity contribution in [3.8, 4) is 0 Å². The number of rotatable bonds is 1. The zero-order valence-corrected chi connectivity index (χ0v) is 11.7. The van der Waals surface area contributed by atoms with Crippen molar-refractivity contribution in [2.75, 3.05) is 5.73 Å². The maximum Gasteiger partial charge on any atom is 0.495 e. The molecule has 0 bridgehead atoms. The van der Waals surface area contributed by atoms with E-state index in [-0.39, 0.29) is 11.2 Å². The van der Waals surface area contributed by atoms with Crippen molar-refractivity contribution in [2.24, 2.45) is 0 Å². The second-order valence-corrected chi connectivity index (χ2v) is 5.97. The minimum atomic E-state index is -0.423. The molecule has 6 heteroatoms. The van der Waals surface area contributed by atoms with Crippen molar-refractivity contribution in [1.29, 1.82) is 0 Å². The number of hydrogen-bond donors (Lipinski definition) is 2. The van der Waals surface area contributed by atoms with Crippen LogP contribution in [0.1, 0.15) is 27.7 Å². The van der Waals surface area contributed by atoms with E-state index in [2.05, 4.69) is 10.2 Å². The molecule has 0 radical (unpaired) electrons. The molecule has 100 valence electrons. The van der Waals surface area contributed by atoms with Gasteiger partial charge >= 0.3 is 7.12 Å². The fraction of sp³-hybridized carbons (Fsp3) is 0.462. The molecule has 2 aromatic rings. The fourth-order valence-electron chi connectivity index (χ4n) is 2.29. The molecule has 0 amide bonds. The van der Waals surface area contributed by atoms with Gasteiger partial charge in [-0.1, -0.05) is 12.1 Å². The van der Waals surface area contributed by atoms with Crippen LogP contribution in [0.3, 0.4) is 0 Å². The Balaban J connectivity index is 2.10. The van der Waals surface area contributed by atoms with Gasteiger partial charge in [0.2, 0.25) is 0 Å². The standard InChI is InChI=1S/C13H18BN3O2/c1-12(2)13(3,4)19-14(18-12)8-6-5-7-9-10(8)11(15)17-16-9/h5-7H,1-4H3,(H3,15,16,17). The summed E-state index contributed by atoms with van der Waals surface area (Å²) in [5, 5.41) is 7.83. The molecule has 1 aromatic heterocycles. The van der Waals surface area contributed by atoms with Gasteiger partial charge in [-0.2, -0.15) is 5.10 Å². The second-order valence-electron chi connectivity index (χ2n) is 5.97. The largest absolute Gasteiger partial charge is 0.495 e. The molecule has 1 aliphatic rings. The minimum absolute atomic E-state index is 0.363. The number of benzene rings is 1. The molecule has 0 unspecified atom stereocenters. The molecule has 3 rings (SSSR count). The lowest BCUT2D eigenvalue weighted by atomic mass is 9.77. The van der Waals surface area contributed by atoms with Crippen LogP contribution in [0.4, 0.5) is 5.82 Å². The molecule has 0 aliphatic carbocycles. The van der Waals surface area contributed by atoms with Gasteiger partial charge in [-0.15, -0.1) is 0 Å². The quantitative estimate of drug-likeness (QED) is 0.760. The molecule has 3 N–H and O–H groups in total. The fourth-order valence-corrected chi connectivity index (χ4v) is 2.29. The van der Waals surface area contributed by atoms with Crippen molar-refractivity contribution >= 4 is 29.3 Å². The highest BCUT2D eigenvalue weighted by atomic mass is 16.7. The average Bonchev–Trinajstić information content (AvgIpc) is 2.78. The van der Waals surface area contributed by atoms with E-state index in [0.717, 1.165) is 16.4 Å². The van der Waals surface area contributed by atoms with Gasteiger partial charge < -0.3 is 15.0 Å². The number of nitrogens with zero attached hydrogens (tertiary/aromatic N) is 1. The summed E-state index contributed by atoms with van der Waals surface area (Å²) in [6.07, 6.45) is 0. The highest BCUT2D eigenvalue weighted by Gasteiger charge is 2.52. The number of nitrogen functional groups attached to an aromatic ring is 1. The van der Waals surface area contributed by atoms with Gasteiger partial charge in [0.05, 0.1) is 16.7 Å². The van der Waals surface area contributed by atoms with Crippen LogP contribution in [0.15, 0.2) is 18.2 Å². The van der Waals surface area contributed by atoms with Gasteiger partial charge in [0.25, 0.3) is 0 Å². The van der Waals surface area contributed by atoms with Gasteiger partial charge in [-0.3, -0.25) is 5.10 Å². The summed E-state index contributed by atoms with van der Waals surface area (Å²) >= 11 is 0. The molecule has 19 heavy (non-hydrogen) atoms. The van der Waals surface area contributed by atoms with Crippen LogP contribution in [0.2, 0.25) is 0 Å². The van der Waals surface area contributed by atoms with Gasteiger partial charge in [0, 0.05) is 5.39 Å². The van der Waals surface area contributed by atoms with E-state index in [1.165, 1.54) is 0 Å². The normalized spacial score (nSPS) is 21.2. The van der Waals surface area contributed by atoms with Crippen LogP contribution in [-0.2, 0) is 9.31 Å². The van der Waals surface area contributed by atoms with Crippen LogP contribution in [-0.4, -0.2) is 28.5 Å². The summed E-state index contributed by atoms with van der Waals surface area (Å²) in [5.41, 5.74) is 7.01. The predicted molar refractivity (Wildman–Crippen MR) is 76.2 cm³/mol. The molecule has 0 spiro atoms. The van der Waals surface area contributed by atoms with E-state index < -0.39 is 7.12 Å². The Morgan fingerprint density at radius 3 is 2.42 bits per heavy atom. The Morgan fingerprint density at radius 2 is 1.79 bits per heavy atom. The monoisotopic (exact) mass is 259 g/mol. The third-order valence-corrected chi connectivity index (χ3v) is 4.16. The molecule has 5 nitrogen and oxygen atoms in total. The van der Waals surface area contributed by atoms with E-state index in [9.17, 15) is 0 Å². The third kappa shape index (κ3) is 1.75. The molecule has 1 aliphatic heterocycles. The number of nitrogens with one attached hydrogen (secondary N) is 1. The third-order valence-electron chi connectivity index (χ3n) is 4.16. The van der Waals surface area contributed by atoms with Crippen LogP contribution >= 0.6 is 0 Å². The predicted octanol–water partition coefficient (Wildman–Crippen LogP) is 1.44. The lowest BCUT2D eigenvalue weighted by Crippen LogP contribution is -2.41. The molecule has 0 saturated carbocycles.